The minimum atomic E-state index is -0.621. The van der Waals surface area contributed by atoms with E-state index in [0.29, 0.717) is 21.3 Å². The molecule has 0 amide bonds. The van der Waals surface area contributed by atoms with Gasteiger partial charge in [0.15, 0.2) is 0 Å². The number of hydrogen-bond acceptors (Lipinski definition) is 1. The topological polar surface area (TPSA) is 12.0 Å². The Morgan fingerprint density at radius 1 is 0.947 bits per heavy atom. The third-order valence-electron chi connectivity index (χ3n) is 2.40. The normalized spacial score (nSPS) is 10.6. The third-order valence-corrected chi connectivity index (χ3v) is 3.45. The molecule has 0 radical (unpaired) electrons. The number of nitrogens with one attached hydrogen (secondary N) is 1. The van der Waals surface area contributed by atoms with Gasteiger partial charge in [-0.15, -0.1) is 0 Å². The molecule has 0 saturated carbocycles. The molecule has 0 aliphatic heterocycles. The Morgan fingerprint density at radius 2 is 1.47 bits per heavy atom. The molecule has 1 N–H and O–H groups in total. The highest BCUT2D eigenvalue weighted by Gasteiger charge is 2.08. The molecule has 1 nitrogen and oxygen atoms in total. The fraction of sp³-hybridized carbons (Fsp3) is 0.0769. The van der Waals surface area contributed by atoms with Crippen molar-refractivity contribution in [3.8, 4) is 0 Å². The molecule has 0 spiro atoms. The fourth-order valence-electron chi connectivity index (χ4n) is 1.61. The second kappa shape index (κ2) is 6.07. The van der Waals surface area contributed by atoms with E-state index < -0.39 is 11.6 Å². The molecule has 0 aromatic heterocycles. The van der Waals surface area contributed by atoms with Crippen LogP contribution in [-0.4, -0.2) is 0 Å². The zero-order valence-corrected chi connectivity index (χ0v) is 12.6. The molecule has 0 unspecified atom stereocenters. The van der Waals surface area contributed by atoms with Crippen molar-refractivity contribution >= 4 is 44.8 Å². The zero-order chi connectivity index (χ0) is 14.0. The van der Waals surface area contributed by atoms with Gasteiger partial charge in [-0.2, -0.15) is 0 Å². The standard InChI is InChI=1S/C13H8BrCl2F2N/c14-8-3-11(15)13(12(16)4-8)19-6-7-1-9(17)5-10(18)2-7/h1-5,19H,6H2. The monoisotopic (exact) mass is 365 g/mol. The van der Waals surface area contributed by atoms with Gasteiger partial charge in [-0.25, -0.2) is 8.78 Å². The highest BCUT2D eigenvalue weighted by atomic mass is 79.9. The fourth-order valence-corrected chi connectivity index (χ4v) is 2.96. The van der Waals surface area contributed by atoms with Crippen molar-refractivity contribution in [1.29, 1.82) is 0 Å². The summed E-state index contributed by atoms with van der Waals surface area (Å²) in [5, 5.41) is 3.82. The maximum atomic E-state index is 13.0. The number of benzene rings is 2. The lowest BCUT2D eigenvalue weighted by atomic mass is 10.2. The molecule has 2 rings (SSSR count). The van der Waals surface area contributed by atoms with Crippen LogP contribution in [0.15, 0.2) is 34.8 Å². The van der Waals surface area contributed by atoms with Crippen molar-refractivity contribution in [2.45, 2.75) is 6.54 Å². The van der Waals surface area contributed by atoms with Crippen molar-refractivity contribution in [2.75, 3.05) is 5.32 Å². The summed E-state index contributed by atoms with van der Waals surface area (Å²) in [6.45, 7) is 0.218. The number of anilines is 1. The Labute approximate surface area is 127 Å². The van der Waals surface area contributed by atoms with Gasteiger partial charge in [0.1, 0.15) is 11.6 Å². The van der Waals surface area contributed by atoms with Crippen molar-refractivity contribution in [3.05, 3.63) is 62.0 Å². The molecular weight excluding hydrogens is 359 g/mol. The molecule has 0 atom stereocenters. The summed E-state index contributed by atoms with van der Waals surface area (Å²) in [5.74, 6) is -1.24. The quantitative estimate of drug-likeness (QED) is 0.740. The molecule has 19 heavy (non-hydrogen) atoms. The van der Waals surface area contributed by atoms with Crippen molar-refractivity contribution in [3.63, 3.8) is 0 Å². The van der Waals surface area contributed by atoms with Crippen molar-refractivity contribution in [1.82, 2.24) is 0 Å². The molecular formula is C13H8BrCl2F2N. The first-order chi connectivity index (χ1) is 8.95. The summed E-state index contributed by atoms with van der Waals surface area (Å²) >= 11 is 15.3. The van der Waals surface area contributed by atoms with Crippen LogP contribution in [0, 0.1) is 11.6 Å². The zero-order valence-electron chi connectivity index (χ0n) is 9.48. The number of halogens is 5. The molecule has 0 bridgehead atoms. The van der Waals surface area contributed by atoms with Crippen molar-refractivity contribution < 1.29 is 8.78 Å². The lowest BCUT2D eigenvalue weighted by molar-refractivity contribution is 0.580. The molecule has 0 fully saturated rings. The SMILES string of the molecule is Fc1cc(F)cc(CNc2c(Cl)cc(Br)cc2Cl)c1. The Kier molecular flexibility index (Phi) is 4.66. The van der Waals surface area contributed by atoms with Crippen molar-refractivity contribution in [2.24, 2.45) is 0 Å². The van der Waals surface area contributed by atoms with Crippen LogP contribution >= 0.6 is 39.1 Å². The summed E-state index contributed by atoms with van der Waals surface area (Å²) < 4.78 is 26.8. The summed E-state index contributed by atoms with van der Waals surface area (Å²) in [6.07, 6.45) is 0. The van der Waals surface area contributed by atoms with Gasteiger partial charge in [-0.1, -0.05) is 39.1 Å². The van der Waals surface area contributed by atoms with E-state index in [0.717, 1.165) is 10.5 Å². The molecule has 6 heteroatoms. The van der Waals surface area contributed by atoms with Crippen LogP contribution in [0.4, 0.5) is 14.5 Å². The van der Waals surface area contributed by atoms with Gasteiger partial charge in [0.05, 0.1) is 15.7 Å². The summed E-state index contributed by atoms with van der Waals surface area (Å²) in [5.41, 5.74) is 0.990. The first-order valence-electron chi connectivity index (χ1n) is 5.29. The van der Waals surface area contributed by atoms with E-state index in [1.807, 2.05) is 0 Å². The van der Waals surface area contributed by atoms with Gasteiger partial charge in [-0.3, -0.25) is 0 Å². The average molecular weight is 367 g/mol. The minimum Gasteiger partial charge on any atom is -0.379 e. The van der Waals surface area contributed by atoms with Gasteiger partial charge in [-0.05, 0) is 29.8 Å². The van der Waals surface area contributed by atoms with Crippen LogP contribution in [0.5, 0.6) is 0 Å². The van der Waals surface area contributed by atoms with E-state index in [2.05, 4.69) is 21.2 Å². The summed E-state index contributed by atoms with van der Waals surface area (Å²) in [4.78, 5) is 0. The Bertz CT molecular complexity index is 576. The molecule has 0 saturated heterocycles. The maximum absolute atomic E-state index is 13.0. The molecule has 2 aromatic carbocycles. The van der Waals surface area contributed by atoms with Crippen LogP contribution in [0.3, 0.4) is 0 Å². The van der Waals surface area contributed by atoms with E-state index in [-0.39, 0.29) is 6.54 Å². The maximum Gasteiger partial charge on any atom is 0.126 e. The van der Waals surface area contributed by atoms with Gasteiger partial charge in [0, 0.05) is 17.1 Å². The van der Waals surface area contributed by atoms with E-state index >= 15 is 0 Å². The second-order valence-corrected chi connectivity index (χ2v) is 5.61. The van der Waals surface area contributed by atoms with E-state index in [1.54, 1.807) is 12.1 Å². The highest BCUT2D eigenvalue weighted by molar-refractivity contribution is 9.10. The van der Waals surface area contributed by atoms with Crippen LogP contribution in [0.1, 0.15) is 5.56 Å². The molecule has 0 heterocycles. The second-order valence-electron chi connectivity index (χ2n) is 3.88. The highest BCUT2D eigenvalue weighted by Crippen LogP contribution is 2.34. The first kappa shape index (κ1) is 14.6. The smallest absolute Gasteiger partial charge is 0.126 e. The van der Waals surface area contributed by atoms with Gasteiger partial charge in [0.25, 0.3) is 0 Å². The summed E-state index contributed by atoms with van der Waals surface area (Å²) in [6, 6.07) is 6.68. The number of hydrogen-bond donors (Lipinski definition) is 1. The van der Waals surface area contributed by atoms with Crippen LogP contribution in [0.25, 0.3) is 0 Å². The molecule has 2 aromatic rings. The van der Waals surface area contributed by atoms with E-state index in [1.165, 1.54) is 12.1 Å². The Morgan fingerprint density at radius 3 is 2.00 bits per heavy atom. The number of rotatable bonds is 3. The predicted molar refractivity (Wildman–Crippen MR) is 77.8 cm³/mol. The molecule has 0 aliphatic carbocycles. The first-order valence-corrected chi connectivity index (χ1v) is 6.84. The Balaban J connectivity index is 2.19. The minimum absolute atomic E-state index is 0.218. The average Bonchev–Trinajstić information content (AvgIpc) is 2.25. The lowest BCUT2D eigenvalue weighted by Crippen LogP contribution is -2.02. The summed E-state index contributed by atoms with van der Waals surface area (Å²) in [7, 11) is 0. The third kappa shape index (κ3) is 3.81. The van der Waals surface area contributed by atoms with Crippen LogP contribution < -0.4 is 5.32 Å². The van der Waals surface area contributed by atoms with Crippen LogP contribution in [0.2, 0.25) is 10.0 Å². The molecule has 100 valence electrons. The van der Waals surface area contributed by atoms with Gasteiger partial charge in [0.2, 0.25) is 0 Å². The Hall–Kier alpha value is -0.840. The van der Waals surface area contributed by atoms with Gasteiger partial charge >= 0.3 is 0 Å². The lowest BCUT2D eigenvalue weighted by Gasteiger charge is -2.11. The van der Waals surface area contributed by atoms with Crippen LogP contribution in [-0.2, 0) is 6.54 Å². The molecule has 0 aliphatic rings. The predicted octanol–water partition coefficient (Wildman–Crippen LogP) is 5.65. The van der Waals surface area contributed by atoms with Gasteiger partial charge < -0.3 is 5.32 Å². The van der Waals surface area contributed by atoms with E-state index in [9.17, 15) is 8.78 Å². The van der Waals surface area contributed by atoms with E-state index in [4.69, 9.17) is 23.2 Å². The largest absolute Gasteiger partial charge is 0.379 e.